The number of carboxylic acid groups (broad SMARTS) is 1. The summed E-state index contributed by atoms with van der Waals surface area (Å²) in [6.07, 6.45) is 6.23. The Kier molecular flexibility index (Phi) is 3.61. The smallest absolute Gasteiger partial charge is 0.354 e. The lowest BCUT2D eigenvalue weighted by molar-refractivity contribution is 0.0688. The molecule has 1 saturated carbocycles. The number of aromatic carboxylic acids is 1. The molecule has 0 radical (unpaired) electrons. The number of aromatic nitrogens is 1. The predicted molar refractivity (Wildman–Crippen MR) is 63.2 cm³/mol. The van der Waals surface area contributed by atoms with E-state index in [4.69, 9.17) is 9.84 Å². The van der Waals surface area contributed by atoms with Crippen LogP contribution >= 0.6 is 0 Å². The number of pyridine rings is 1. The zero-order valence-electron chi connectivity index (χ0n) is 9.93. The molecule has 0 saturated heterocycles. The van der Waals surface area contributed by atoms with Gasteiger partial charge in [0.05, 0.1) is 6.10 Å². The first-order chi connectivity index (χ1) is 8.15. The van der Waals surface area contributed by atoms with Crippen molar-refractivity contribution in [2.45, 2.75) is 38.7 Å². The van der Waals surface area contributed by atoms with Crippen molar-refractivity contribution in [3.8, 4) is 5.75 Å². The number of nitrogens with zero attached hydrogens (tertiary/aromatic N) is 1. The summed E-state index contributed by atoms with van der Waals surface area (Å²) in [6.45, 7) is 2.23. The molecule has 1 heterocycles. The minimum atomic E-state index is -1.02. The lowest BCUT2D eigenvalue weighted by Crippen LogP contribution is -2.24. The summed E-state index contributed by atoms with van der Waals surface area (Å²) in [6, 6.07) is 3.20. The Hall–Kier alpha value is -1.58. The van der Waals surface area contributed by atoms with Crippen molar-refractivity contribution in [2.75, 3.05) is 0 Å². The number of hydrogen-bond donors (Lipinski definition) is 1. The summed E-state index contributed by atoms with van der Waals surface area (Å²) in [7, 11) is 0. The summed E-state index contributed by atoms with van der Waals surface area (Å²) in [5.74, 6) is 0.276. The van der Waals surface area contributed by atoms with Crippen LogP contribution in [-0.2, 0) is 0 Å². The topological polar surface area (TPSA) is 59.4 Å². The normalized spacial score (nSPS) is 24.3. The lowest BCUT2D eigenvalue weighted by Gasteiger charge is -2.27. The van der Waals surface area contributed by atoms with Gasteiger partial charge in [0.25, 0.3) is 0 Å². The minimum absolute atomic E-state index is 0.0337. The first-order valence-electron chi connectivity index (χ1n) is 6.01. The highest BCUT2D eigenvalue weighted by Crippen LogP contribution is 2.27. The number of rotatable bonds is 3. The molecule has 0 aliphatic heterocycles. The van der Waals surface area contributed by atoms with E-state index in [1.165, 1.54) is 25.1 Å². The predicted octanol–water partition coefficient (Wildman–Crippen LogP) is 2.74. The first-order valence-corrected chi connectivity index (χ1v) is 6.01. The molecule has 1 aromatic rings. The Labute approximate surface area is 101 Å². The van der Waals surface area contributed by atoms with Crippen LogP contribution in [0.2, 0.25) is 0 Å². The molecule has 2 atom stereocenters. The molecule has 1 aromatic heterocycles. The Morgan fingerprint density at radius 2 is 2.35 bits per heavy atom. The maximum atomic E-state index is 10.8. The van der Waals surface area contributed by atoms with E-state index in [-0.39, 0.29) is 11.8 Å². The van der Waals surface area contributed by atoms with Crippen LogP contribution in [0.15, 0.2) is 18.3 Å². The van der Waals surface area contributed by atoms with E-state index < -0.39 is 5.97 Å². The second-order valence-corrected chi connectivity index (χ2v) is 4.69. The highest BCUT2D eigenvalue weighted by atomic mass is 16.5. The van der Waals surface area contributed by atoms with Gasteiger partial charge in [-0.15, -0.1) is 0 Å². The molecule has 0 spiro atoms. The fourth-order valence-electron chi connectivity index (χ4n) is 2.28. The van der Waals surface area contributed by atoms with E-state index in [1.54, 1.807) is 6.07 Å². The molecule has 1 N–H and O–H groups in total. The average molecular weight is 235 g/mol. The molecule has 1 fully saturated rings. The summed E-state index contributed by atoms with van der Waals surface area (Å²) in [4.78, 5) is 14.5. The van der Waals surface area contributed by atoms with Crippen LogP contribution in [0.1, 0.15) is 43.1 Å². The van der Waals surface area contributed by atoms with Gasteiger partial charge in [0.1, 0.15) is 5.75 Å². The summed E-state index contributed by atoms with van der Waals surface area (Å²) in [5, 5.41) is 8.84. The Morgan fingerprint density at radius 3 is 3.06 bits per heavy atom. The second-order valence-electron chi connectivity index (χ2n) is 4.69. The zero-order chi connectivity index (χ0) is 12.3. The third-order valence-corrected chi connectivity index (χ3v) is 3.14. The monoisotopic (exact) mass is 235 g/mol. The van der Waals surface area contributed by atoms with E-state index in [1.807, 2.05) is 0 Å². The van der Waals surface area contributed by atoms with E-state index in [0.717, 1.165) is 12.8 Å². The van der Waals surface area contributed by atoms with Crippen LogP contribution in [0.25, 0.3) is 0 Å². The van der Waals surface area contributed by atoms with Crippen LogP contribution in [0.5, 0.6) is 5.75 Å². The van der Waals surface area contributed by atoms with E-state index in [2.05, 4.69) is 11.9 Å². The highest BCUT2D eigenvalue weighted by molar-refractivity contribution is 5.85. The second kappa shape index (κ2) is 5.17. The van der Waals surface area contributed by atoms with Crippen molar-refractivity contribution in [1.29, 1.82) is 0 Å². The molecule has 92 valence electrons. The van der Waals surface area contributed by atoms with E-state index >= 15 is 0 Å². The van der Waals surface area contributed by atoms with Gasteiger partial charge in [0.2, 0.25) is 0 Å². The van der Waals surface area contributed by atoms with Crippen LogP contribution in [0, 0.1) is 5.92 Å². The van der Waals surface area contributed by atoms with E-state index in [9.17, 15) is 4.79 Å². The fraction of sp³-hybridized carbons (Fsp3) is 0.538. The molecule has 0 aromatic carbocycles. The van der Waals surface area contributed by atoms with Gasteiger partial charge in [-0.25, -0.2) is 9.78 Å². The maximum Gasteiger partial charge on any atom is 0.354 e. The van der Waals surface area contributed by atoms with Crippen molar-refractivity contribution in [3.63, 3.8) is 0 Å². The maximum absolute atomic E-state index is 10.8. The molecule has 2 rings (SSSR count). The van der Waals surface area contributed by atoms with Gasteiger partial charge in [-0.05, 0) is 31.2 Å². The van der Waals surface area contributed by atoms with Crippen molar-refractivity contribution in [1.82, 2.24) is 4.98 Å². The summed E-state index contributed by atoms with van der Waals surface area (Å²) in [5.41, 5.74) is 0.0337. The van der Waals surface area contributed by atoms with Crippen LogP contribution in [0.3, 0.4) is 0 Å². The average Bonchev–Trinajstić information content (AvgIpc) is 2.29. The number of carboxylic acids is 1. The lowest BCUT2D eigenvalue weighted by atomic mass is 9.89. The minimum Gasteiger partial charge on any atom is -0.490 e. The van der Waals surface area contributed by atoms with Crippen molar-refractivity contribution in [2.24, 2.45) is 5.92 Å². The quantitative estimate of drug-likeness (QED) is 0.875. The largest absolute Gasteiger partial charge is 0.490 e. The van der Waals surface area contributed by atoms with Crippen LogP contribution in [-0.4, -0.2) is 22.2 Å². The molecule has 1 aliphatic carbocycles. The molecule has 17 heavy (non-hydrogen) atoms. The molecule has 4 heteroatoms. The Balaban J connectivity index is 2.02. The SMILES string of the molecule is CC1CCCC(Oc2ccnc(C(=O)O)c2)C1. The molecule has 1 aliphatic rings. The molecule has 2 unspecified atom stereocenters. The number of hydrogen-bond acceptors (Lipinski definition) is 3. The molecular weight excluding hydrogens is 218 g/mol. The fourth-order valence-corrected chi connectivity index (χ4v) is 2.28. The third kappa shape index (κ3) is 3.19. The molecule has 0 amide bonds. The summed E-state index contributed by atoms with van der Waals surface area (Å²) >= 11 is 0. The summed E-state index contributed by atoms with van der Waals surface area (Å²) < 4.78 is 5.81. The van der Waals surface area contributed by atoms with Crippen LogP contribution < -0.4 is 4.74 Å². The van der Waals surface area contributed by atoms with Gasteiger partial charge in [-0.2, -0.15) is 0 Å². The van der Waals surface area contributed by atoms with Gasteiger partial charge < -0.3 is 9.84 Å². The van der Waals surface area contributed by atoms with Gasteiger partial charge >= 0.3 is 5.97 Å². The van der Waals surface area contributed by atoms with Gasteiger partial charge in [-0.1, -0.05) is 13.3 Å². The first kappa shape index (κ1) is 11.9. The van der Waals surface area contributed by atoms with E-state index in [0.29, 0.717) is 11.7 Å². The van der Waals surface area contributed by atoms with Gasteiger partial charge in [-0.3, -0.25) is 0 Å². The third-order valence-electron chi connectivity index (χ3n) is 3.14. The molecular formula is C13H17NO3. The van der Waals surface area contributed by atoms with Crippen LogP contribution in [0.4, 0.5) is 0 Å². The van der Waals surface area contributed by atoms with Gasteiger partial charge in [0, 0.05) is 12.3 Å². The van der Waals surface area contributed by atoms with Crippen molar-refractivity contribution in [3.05, 3.63) is 24.0 Å². The highest BCUT2D eigenvalue weighted by Gasteiger charge is 2.20. The van der Waals surface area contributed by atoms with Gasteiger partial charge in [0.15, 0.2) is 5.69 Å². The molecule has 0 bridgehead atoms. The standard InChI is InChI=1S/C13H17NO3/c1-9-3-2-4-10(7-9)17-11-5-6-14-12(8-11)13(15)16/h5-6,8-10H,2-4,7H2,1H3,(H,15,16). The number of ether oxygens (including phenoxy) is 1. The Morgan fingerprint density at radius 1 is 1.53 bits per heavy atom. The van der Waals surface area contributed by atoms with Crippen molar-refractivity contribution < 1.29 is 14.6 Å². The Bertz CT molecular complexity index is 405. The zero-order valence-corrected chi connectivity index (χ0v) is 9.93. The molecule has 4 nitrogen and oxygen atoms in total. The number of carbonyl (C=O) groups is 1. The van der Waals surface area contributed by atoms with Crippen molar-refractivity contribution >= 4 is 5.97 Å².